The van der Waals surface area contributed by atoms with Crippen LogP contribution in [0.1, 0.15) is 16.1 Å². The van der Waals surface area contributed by atoms with Gasteiger partial charge in [0.1, 0.15) is 12.3 Å². The lowest BCUT2D eigenvalue weighted by molar-refractivity contribution is -0.124. The number of furan rings is 1. The molecule has 180 valence electrons. The molecule has 2 heterocycles. The highest BCUT2D eigenvalue weighted by atomic mass is 32.2. The molecule has 0 aliphatic rings. The van der Waals surface area contributed by atoms with Crippen LogP contribution >= 0.6 is 11.8 Å². The zero-order chi connectivity index (χ0) is 24.9. The van der Waals surface area contributed by atoms with Gasteiger partial charge in [-0.05, 0) is 30.3 Å². The first-order chi connectivity index (χ1) is 16.1. The number of rotatable bonds is 7. The summed E-state index contributed by atoms with van der Waals surface area (Å²) < 4.78 is 47.7. The zero-order valence-corrected chi connectivity index (χ0v) is 18.3. The summed E-state index contributed by atoms with van der Waals surface area (Å²) in [6.45, 7) is -1.62. The molecule has 1 aromatic carbocycles. The third kappa shape index (κ3) is 6.37. The quantitative estimate of drug-likeness (QED) is 0.288. The molecule has 0 radical (unpaired) electrons. The minimum atomic E-state index is -4.63. The van der Waals surface area contributed by atoms with E-state index < -0.39 is 41.9 Å². The van der Waals surface area contributed by atoms with Crippen LogP contribution in [0.2, 0.25) is 0 Å². The molecule has 3 aromatic rings. The number of benzene rings is 1. The number of halogens is 3. The lowest BCUT2D eigenvalue weighted by atomic mass is 10.1. The fourth-order valence-corrected chi connectivity index (χ4v) is 3.57. The molecule has 2 aromatic heterocycles. The summed E-state index contributed by atoms with van der Waals surface area (Å²) in [7, 11) is 1.20. The number of alkyl halides is 3. The van der Waals surface area contributed by atoms with Crippen LogP contribution in [0.25, 0.3) is 10.9 Å². The van der Waals surface area contributed by atoms with Crippen LogP contribution in [0, 0.1) is 0 Å². The first-order valence-corrected chi connectivity index (χ1v) is 10.5. The van der Waals surface area contributed by atoms with Crippen molar-refractivity contribution in [3.8, 4) is 0 Å². The number of imide groups is 1. The largest absolute Gasteiger partial charge is 0.467 e. The Kier molecular flexibility index (Phi) is 7.61. The predicted octanol–water partition coefficient (Wildman–Crippen LogP) is 2.30. The number of hydrogen-bond donors (Lipinski definition) is 2. The molecule has 3 rings (SSSR count). The summed E-state index contributed by atoms with van der Waals surface area (Å²) >= 11 is 0.771. The monoisotopic (exact) mass is 498 g/mol. The van der Waals surface area contributed by atoms with E-state index in [9.17, 15) is 32.3 Å². The van der Waals surface area contributed by atoms with Gasteiger partial charge in [-0.15, -0.1) is 0 Å². The molecule has 2 N–H and O–H groups in total. The van der Waals surface area contributed by atoms with Crippen LogP contribution in [0.4, 0.5) is 18.0 Å². The normalized spacial score (nSPS) is 11.3. The maximum Gasteiger partial charge on any atom is 0.405 e. The second-order valence-electron chi connectivity index (χ2n) is 6.72. The van der Waals surface area contributed by atoms with Gasteiger partial charge >= 0.3 is 18.2 Å². The van der Waals surface area contributed by atoms with Gasteiger partial charge in [0.05, 0.1) is 42.1 Å². The topological polar surface area (TPSA) is 133 Å². The number of carbonyl (C=O) groups excluding carboxylic acids is 3. The second-order valence-corrected chi connectivity index (χ2v) is 7.67. The minimum absolute atomic E-state index is 0.0243. The van der Waals surface area contributed by atoms with Gasteiger partial charge in [-0.1, -0.05) is 11.8 Å². The van der Waals surface area contributed by atoms with Crippen molar-refractivity contribution in [1.29, 1.82) is 0 Å². The molecule has 0 aliphatic heterocycles. The lowest BCUT2D eigenvalue weighted by Crippen LogP contribution is -2.44. The lowest BCUT2D eigenvalue weighted by Gasteiger charge is -2.13. The predicted molar refractivity (Wildman–Crippen MR) is 113 cm³/mol. The Balaban J connectivity index is 1.86. The Morgan fingerprint density at radius 1 is 1.24 bits per heavy atom. The Hall–Kier alpha value is -3.81. The van der Waals surface area contributed by atoms with Gasteiger partial charge in [0.15, 0.2) is 5.16 Å². The highest BCUT2D eigenvalue weighted by Crippen LogP contribution is 2.20. The van der Waals surface area contributed by atoms with Crippen LogP contribution in [0.3, 0.4) is 0 Å². The van der Waals surface area contributed by atoms with Crippen molar-refractivity contribution in [2.24, 2.45) is 0 Å². The Bertz CT molecular complexity index is 1270. The average molecular weight is 498 g/mol. The molecule has 14 heteroatoms. The van der Waals surface area contributed by atoms with Crippen LogP contribution in [-0.4, -0.2) is 53.0 Å². The van der Waals surface area contributed by atoms with Gasteiger partial charge in [-0.25, -0.2) is 14.6 Å². The van der Waals surface area contributed by atoms with Gasteiger partial charge in [0.2, 0.25) is 5.91 Å². The van der Waals surface area contributed by atoms with E-state index in [0.29, 0.717) is 5.76 Å². The first-order valence-electron chi connectivity index (χ1n) is 9.50. The van der Waals surface area contributed by atoms with E-state index >= 15 is 0 Å². The highest BCUT2D eigenvalue weighted by molar-refractivity contribution is 7.99. The van der Waals surface area contributed by atoms with Crippen molar-refractivity contribution in [2.45, 2.75) is 17.9 Å². The second kappa shape index (κ2) is 10.4. The number of carbonyl (C=O) groups is 3. The first kappa shape index (κ1) is 24.8. The third-order valence-corrected chi connectivity index (χ3v) is 5.25. The van der Waals surface area contributed by atoms with Crippen LogP contribution in [0.5, 0.6) is 0 Å². The summed E-state index contributed by atoms with van der Waals surface area (Å²) in [5.41, 5.74) is -0.168. The van der Waals surface area contributed by atoms with E-state index in [0.717, 1.165) is 11.8 Å². The standard InChI is InChI=1S/C20H17F3N4O6S/c1-32-17(30)11-4-5-13-14(7-11)25-19(27(16(13)29)8-12-3-2-6-33-12)34-9-15(28)26-18(31)24-10-20(21,22)23/h2-7H,8-10H2,1H3,(H2,24,26,28,31). The molecule has 34 heavy (non-hydrogen) atoms. The van der Waals surface area contributed by atoms with Crippen molar-refractivity contribution in [3.63, 3.8) is 0 Å². The molecule has 0 spiro atoms. The number of nitrogens with one attached hydrogen (secondary N) is 2. The van der Waals surface area contributed by atoms with Crippen LogP contribution < -0.4 is 16.2 Å². The smallest absolute Gasteiger partial charge is 0.405 e. The van der Waals surface area contributed by atoms with E-state index in [1.165, 1.54) is 41.5 Å². The van der Waals surface area contributed by atoms with Gasteiger partial charge in [-0.2, -0.15) is 13.2 Å². The van der Waals surface area contributed by atoms with Crippen LogP contribution in [-0.2, 0) is 16.1 Å². The van der Waals surface area contributed by atoms with Gasteiger partial charge in [0.25, 0.3) is 5.56 Å². The van der Waals surface area contributed by atoms with Gasteiger partial charge < -0.3 is 14.5 Å². The number of hydrogen-bond acceptors (Lipinski definition) is 8. The summed E-state index contributed by atoms with van der Waals surface area (Å²) in [5, 5.41) is 3.53. The van der Waals surface area contributed by atoms with Crippen molar-refractivity contribution >= 4 is 40.6 Å². The fraction of sp³-hybridized carbons (Fsp3) is 0.250. The molecule has 0 atom stereocenters. The molecular formula is C20H17F3N4O6S. The zero-order valence-electron chi connectivity index (χ0n) is 17.5. The molecule has 0 saturated carbocycles. The number of thioether (sulfide) groups is 1. The number of methoxy groups -OCH3 is 1. The molecule has 0 saturated heterocycles. The Morgan fingerprint density at radius 2 is 2.00 bits per heavy atom. The number of amides is 3. The summed E-state index contributed by atoms with van der Waals surface area (Å²) in [6.07, 6.45) is -3.22. The minimum Gasteiger partial charge on any atom is -0.467 e. The van der Waals surface area contributed by atoms with E-state index in [1.54, 1.807) is 17.4 Å². The van der Waals surface area contributed by atoms with Crippen molar-refractivity contribution in [2.75, 3.05) is 19.4 Å². The molecule has 10 nitrogen and oxygen atoms in total. The number of ether oxygens (including phenoxy) is 1. The Morgan fingerprint density at radius 3 is 2.65 bits per heavy atom. The van der Waals surface area contributed by atoms with Crippen molar-refractivity contribution in [1.82, 2.24) is 20.2 Å². The highest BCUT2D eigenvalue weighted by Gasteiger charge is 2.28. The summed E-state index contributed by atoms with van der Waals surface area (Å²) in [6, 6.07) is 6.12. The van der Waals surface area contributed by atoms with Crippen LogP contribution in [0.15, 0.2) is 51.0 Å². The fourth-order valence-electron chi connectivity index (χ4n) is 2.77. The average Bonchev–Trinajstić information content (AvgIpc) is 3.30. The molecule has 3 amide bonds. The van der Waals surface area contributed by atoms with E-state index in [4.69, 9.17) is 4.42 Å². The molecular weight excluding hydrogens is 481 g/mol. The number of nitrogens with zero attached hydrogens (tertiary/aromatic N) is 2. The molecule has 0 fully saturated rings. The molecule has 0 bridgehead atoms. The van der Waals surface area contributed by atoms with Crippen molar-refractivity contribution < 1.29 is 36.7 Å². The number of urea groups is 1. The SMILES string of the molecule is COC(=O)c1ccc2c(=O)n(Cc3ccco3)c(SCC(=O)NC(=O)NCC(F)(F)F)nc2c1. The maximum atomic E-state index is 13.1. The number of esters is 1. The molecule has 0 unspecified atom stereocenters. The molecule has 0 aliphatic carbocycles. The maximum absolute atomic E-state index is 13.1. The van der Waals surface area contributed by atoms with Gasteiger partial charge in [0, 0.05) is 0 Å². The number of fused-ring (bicyclic) bond motifs is 1. The summed E-state index contributed by atoms with van der Waals surface area (Å²) in [5.74, 6) is -1.56. The Labute approximate surface area is 193 Å². The van der Waals surface area contributed by atoms with E-state index in [1.807, 2.05) is 0 Å². The number of aromatic nitrogens is 2. The van der Waals surface area contributed by atoms with Gasteiger partial charge in [-0.3, -0.25) is 19.5 Å². The third-order valence-electron chi connectivity index (χ3n) is 4.27. The van der Waals surface area contributed by atoms with E-state index in [-0.39, 0.29) is 28.2 Å². The van der Waals surface area contributed by atoms with E-state index in [2.05, 4.69) is 9.72 Å². The van der Waals surface area contributed by atoms with Crippen molar-refractivity contribution in [3.05, 3.63) is 58.3 Å². The summed E-state index contributed by atoms with van der Waals surface area (Å²) in [4.78, 5) is 52.8.